The van der Waals surface area contributed by atoms with Gasteiger partial charge in [-0.25, -0.2) is 4.79 Å². The van der Waals surface area contributed by atoms with Crippen LogP contribution in [0.25, 0.3) is 0 Å². The lowest BCUT2D eigenvalue weighted by Gasteiger charge is -2.05. The summed E-state index contributed by atoms with van der Waals surface area (Å²) in [5.41, 5.74) is 0. The van der Waals surface area contributed by atoms with Gasteiger partial charge in [0, 0.05) is 0 Å². The smallest absolute Gasteiger partial charge is 0.438 e. The van der Waals surface area contributed by atoms with Crippen LogP contribution in [-0.4, -0.2) is 25.8 Å². The molecule has 3 nitrogen and oxygen atoms in total. The molecule has 0 unspecified atom stereocenters. The molecule has 0 aliphatic rings. The third-order valence-electron chi connectivity index (χ3n) is 0.565. The summed E-state index contributed by atoms with van der Waals surface area (Å²) in [6, 6.07) is 0. The lowest BCUT2D eigenvalue weighted by atomic mass is 10.8. The van der Waals surface area contributed by atoms with Crippen LogP contribution in [0.4, 0.5) is 22.4 Å². The first-order chi connectivity index (χ1) is 4.92. The van der Waals surface area contributed by atoms with Crippen LogP contribution in [0.5, 0.6) is 0 Å². The fraction of sp³-hybridized carbons (Fsp3) is 0.750. The van der Waals surface area contributed by atoms with Gasteiger partial charge >= 0.3 is 12.6 Å². The molecule has 0 aromatic carbocycles. The molecule has 0 aliphatic heterocycles. The molecule has 0 heterocycles. The van der Waals surface area contributed by atoms with Gasteiger partial charge in [-0.05, 0) is 0 Å². The molecule has 0 amide bonds. The minimum absolute atomic E-state index is 0.755. The fourth-order valence-electron chi connectivity index (χ4n) is 0.279. The van der Waals surface area contributed by atoms with E-state index in [1.807, 2.05) is 0 Å². The Labute approximate surface area is 58.9 Å². The summed E-state index contributed by atoms with van der Waals surface area (Å²) in [6.45, 7) is -1.66. The molecular formula is C4H4F4O3. The van der Waals surface area contributed by atoms with Gasteiger partial charge in [0.25, 0.3) is 0 Å². The van der Waals surface area contributed by atoms with Crippen LogP contribution < -0.4 is 0 Å². The molecule has 0 aliphatic carbocycles. The lowest BCUT2D eigenvalue weighted by molar-refractivity contribution is -0.326. The number of rotatable bonds is 3. The second kappa shape index (κ2) is 4.12. The highest BCUT2D eigenvalue weighted by atomic mass is 19.4. The predicted octanol–water partition coefficient (Wildman–Crippen LogP) is 1.63. The summed E-state index contributed by atoms with van der Waals surface area (Å²) in [6.07, 6.45) is -6.90. The Bertz CT molecular complexity index is 132. The van der Waals surface area contributed by atoms with Crippen molar-refractivity contribution in [3.63, 3.8) is 0 Å². The summed E-state index contributed by atoms with van der Waals surface area (Å²) in [5.74, 6) is 0. The molecule has 0 aromatic rings. The summed E-state index contributed by atoms with van der Waals surface area (Å²) >= 11 is 0. The van der Waals surface area contributed by atoms with Crippen molar-refractivity contribution < 1.29 is 31.8 Å². The summed E-state index contributed by atoms with van der Waals surface area (Å²) < 4.78 is 51.1. The molecule has 0 rings (SSSR count). The molecule has 0 N–H and O–H groups in total. The van der Waals surface area contributed by atoms with E-state index in [-0.39, 0.29) is 0 Å². The average Bonchev–Trinajstić information content (AvgIpc) is 1.78. The summed E-state index contributed by atoms with van der Waals surface area (Å²) in [4.78, 5) is 9.34. The zero-order valence-electron chi connectivity index (χ0n) is 5.15. The molecule has 0 spiro atoms. The molecule has 0 aromatic heterocycles. The standard InChI is InChI=1S/C4H4F4O3/c5-3(9)10-1-2-11-4(6,7)8/h1-2H2. The van der Waals surface area contributed by atoms with Crippen molar-refractivity contribution >= 4 is 6.22 Å². The molecule has 66 valence electrons. The normalized spacial score (nSPS) is 11.3. The maximum atomic E-state index is 11.1. The van der Waals surface area contributed by atoms with Gasteiger partial charge in [0.15, 0.2) is 0 Å². The van der Waals surface area contributed by atoms with Crippen LogP contribution in [0.1, 0.15) is 0 Å². The van der Waals surface area contributed by atoms with Gasteiger partial charge in [-0.3, -0.25) is 4.74 Å². The van der Waals surface area contributed by atoms with Crippen molar-refractivity contribution in [3.05, 3.63) is 0 Å². The molecule has 0 radical (unpaired) electrons. The predicted molar refractivity (Wildman–Crippen MR) is 24.5 cm³/mol. The Balaban J connectivity index is 3.22. The largest absolute Gasteiger partial charge is 0.522 e. The molecule has 7 heteroatoms. The van der Waals surface area contributed by atoms with Crippen molar-refractivity contribution in [1.82, 2.24) is 0 Å². The van der Waals surface area contributed by atoms with Gasteiger partial charge in [0.2, 0.25) is 0 Å². The van der Waals surface area contributed by atoms with Gasteiger partial charge < -0.3 is 4.74 Å². The van der Waals surface area contributed by atoms with Crippen LogP contribution in [-0.2, 0) is 9.47 Å². The number of carbonyl (C=O) groups excluding carboxylic acids is 1. The highest BCUT2D eigenvalue weighted by molar-refractivity contribution is 5.57. The Morgan fingerprint density at radius 1 is 1.27 bits per heavy atom. The van der Waals surface area contributed by atoms with Gasteiger partial charge in [-0.15, -0.1) is 17.6 Å². The Hall–Kier alpha value is -0.850. The van der Waals surface area contributed by atoms with Gasteiger partial charge in [0.05, 0.1) is 6.61 Å². The zero-order valence-corrected chi connectivity index (χ0v) is 5.15. The third kappa shape index (κ3) is 9.15. The van der Waals surface area contributed by atoms with E-state index in [0.29, 0.717) is 0 Å². The number of hydrogen-bond donors (Lipinski definition) is 0. The van der Waals surface area contributed by atoms with Crippen molar-refractivity contribution in [2.24, 2.45) is 0 Å². The number of carbonyl (C=O) groups is 1. The maximum absolute atomic E-state index is 11.1. The van der Waals surface area contributed by atoms with E-state index < -0.39 is 25.8 Å². The van der Waals surface area contributed by atoms with Crippen LogP contribution in [0.15, 0.2) is 0 Å². The SMILES string of the molecule is O=C(F)OCCOC(F)(F)F. The second-order valence-corrected chi connectivity index (χ2v) is 1.38. The van der Waals surface area contributed by atoms with E-state index >= 15 is 0 Å². The molecule has 0 saturated carbocycles. The maximum Gasteiger partial charge on any atom is 0.522 e. The summed E-state index contributed by atoms with van der Waals surface area (Å²) in [5, 5.41) is 0. The topological polar surface area (TPSA) is 35.5 Å². The van der Waals surface area contributed by atoms with E-state index in [0.717, 1.165) is 0 Å². The van der Waals surface area contributed by atoms with E-state index in [1.54, 1.807) is 0 Å². The molecule has 0 fully saturated rings. The zero-order chi connectivity index (χ0) is 8.91. The highest BCUT2D eigenvalue weighted by Gasteiger charge is 2.28. The van der Waals surface area contributed by atoms with E-state index in [1.165, 1.54) is 0 Å². The van der Waals surface area contributed by atoms with Crippen molar-refractivity contribution in [3.8, 4) is 0 Å². The first-order valence-corrected chi connectivity index (χ1v) is 2.45. The van der Waals surface area contributed by atoms with Crippen molar-refractivity contribution in [2.45, 2.75) is 6.36 Å². The minimum atomic E-state index is -4.78. The quantitative estimate of drug-likeness (QED) is 0.372. The van der Waals surface area contributed by atoms with Crippen molar-refractivity contribution in [1.29, 1.82) is 0 Å². The minimum Gasteiger partial charge on any atom is -0.438 e. The first-order valence-electron chi connectivity index (χ1n) is 2.45. The van der Waals surface area contributed by atoms with Crippen LogP contribution in [0.2, 0.25) is 0 Å². The monoisotopic (exact) mass is 176 g/mol. The van der Waals surface area contributed by atoms with E-state index in [4.69, 9.17) is 0 Å². The van der Waals surface area contributed by atoms with Gasteiger partial charge in [-0.1, -0.05) is 0 Å². The molecule has 0 bridgehead atoms. The second-order valence-electron chi connectivity index (χ2n) is 1.38. The Morgan fingerprint density at radius 3 is 2.18 bits per heavy atom. The van der Waals surface area contributed by atoms with Gasteiger partial charge in [-0.2, -0.15) is 0 Å². The first kappa shape index (κ1) is 10.2. The van der Waals surface area contributed by atoms with Crippen molar-refractivity contribution in [2.75, 3.05) is 13.2 Å². The number of alkyl halides is 3. The van der Waals surface area contributed by atoms with Crippen LogP contribution in [0, 0.1) is 0 Å². The van der Waals surface area contributed by atoms with Crippen LogP contribution >= 0.6 is 0 Å². The molecule has 0 atom stereocenters. The molecule has 0 saturated heterocycles. The van der Waals surface area contributed by atoms with Crippen LogP contribution in [0.3, 0.4) is 0 Å². The van der Waals surface area contributed by atoms with Gasteiger partial charge in [0.1, 0.15) is 6.61 Å². The highest BCUT2D eigenvalue weighted by Crippen LogP contribution is 2.15. The third-order valence-corrected chi connectivity index (χ3v) is 0.565. The number of ether oxygens (including phenoxy) is 2. The fourth-order valence-corrected chi connectivity index (χ4v) is 0.279. The van der Waals surface area contributed by atoms with E-state index in [9.17, 15) is 22.4 Å². The van der Waals surface area contributed by atoms with E-state index in [2.05, 4.69) is 9.47 Å². The Morgan fingerprint density at radius 2 is 1.82 bits per heavy atom. The Kier molecular flexibility index (Phi) is 3.80. The lowest BCUT2D eigenvalue weighted by Crippen LogP contribution is -2.17. The molecule has 11 heavy (non-hydrogen) atoms. The average molecular weight is 176 g/mol. The number of halogens is 4. The summed E-state index contributed by atoms with van der Waals surface area (Å²) in [7, 11) is 0. The molecular weight excluding hydrogens is 172 g/mol. The number of hydrogen-bond acceptors (Lipinski definition) is 3.